The summed E-state index contributed by atoms with van der Waals surface area (Å²) < 4.78 is 50.0. The average Bonchev–Trinajstić information content (AvgIpc) is 2.76. The summed E-state index contributed by atoms with van der Waals surface area (Å²) in [7, 11) is 0. The Morgan fingerprint density at radius 3 is 2.39 bits per heavy atom. The van der Waals surface area contributed by atoms with E-state index in [9.17, 15) is 22.8 Å². The summed E-state index contributed by atoms with van der Waals surface area (Å²) in [5.41, 5.74) is -0.224. The Balaban J connectivity index is 1.61. The Labute approximate surface area is 191 Å². The van der Waals surface area contributed by atoms with Gasteiger partial charge in [0.05, 0.1) is 24.7 Å². The number of nitrogens with zero attached hydrogens (tertiary/aromatic N) is 1. The maximum Gasteiger partial charge on any atom is 0.416 e. The van der Waals surface area contributed by atoms with Crippen molar-refractivity contribution in [2.45, 2.75) is 45.1 Å². The molecule has 8 heteroatoms. The van der Waals surface area contributed by atoms with Gasteiger partial charge in [-0.2, -0.15) is 13.2 Å². The van der Waals surface area contributed by atoms with E-state index in [1.54, 1.807) is 24.3 Å². The number of benzene rings is 2. The van der Waals surface area contributed by atoms with Crippen LogP contribution in [0, 0.1) is 0 Å². The lowest BCUT2D eigenvalue weighted by atomic mass is 9.98. The van der Waals surface area contributed by atoms with Crippen LogP contribution in [0.1, 0.15) is 60.3 Å². The number of ether oxygens (including phenoxy) is 2. The first-order chi connectivity index (χ1) is 15.4. The lowest BCUT2D eigenvalue weighted by molar-refractivity contribution is -0.155. The zero-order chi connectivity index (χ0) is 24.2. The third kappa shape index (κ3) is 7.14. The second-order valence-corrected chi connectivity index (χ2v) is 9.03. The van der Waals surface area contributed by atoms with Crippen LogP contribution in [0.25, 0.3) is 0 Å². The molecule has 0 amide bonds. The number of alkyl halides is 3. The number of halogens is 3. The summed E-state index contributed by atoms with van der Waals surface area (Å²) in [5.74, 6) is -0.723. The Kier molecular flexibility index (Phi) is 7.59. The molecule has 2 aromatic rings. The molecule has 1 aliphatic rings. The fourth-order valence-electron chi connectivity index (χ4n) is 3.60. The second-order valence-electron chi connectivity index (χ2n) is 9.03. The molecule has 1 atom stereocenters. The second kappa shape index (κ2) is 10.1. The van der Waals surface area contributed by atoms with E-state index in [0.717, 1.165) is 17.7 Å². The van der Waals surface area contributed by atoms with Crippen LogP contribution in [-0.2, 0) is 20.4 Å². The summed E-state index contributed by atoms with van der Waals surface area (Å²) >= 11 is 0. The number of carbonyl (C=O) groups is 2. The molecule has 1 unspecified atom stereocenters. The lowest BCUT2D eigenvalue weighted by Gasteiger charge is -2.33. The Morgan fingerprint density at radius 2 is 1.76 bits per heavy atom. The van der Waals surface area contributed by atoms with Crippen LogP contribution < -0.4 is 0 Å². The van der Waals surface area contributed by atoms with Gasteiger partial charge in [-0.15, -0.1) is 0 Å². The minimum absolute atomic E-state index is 0.0141. The van der Waals surface area contributed by atoms with E-state index in [1.165, 1.54) is 12.1 Å². The van der Waals surface area contributed by atoms with Crippen molar-refractivity contribution in [1.82, 2.24) is 4.90 Å². The SMILES string of the molecule is CC(C)(C)OC(=O)CCN1CCOC(c2ccc(C(=O)c3cccc(C(F)(F)F)c3)cc2)C1. The van der Waals surface area contributed by atoms with E-state index < -0.39 is 23.1 Å². The van der Waals surface area contributed by atoms with Gasteiger partial charge in [0.25, 0.3) is 0 Å². The Bertz CT molecular complexity index is 980. The molecule has 5 nitrogen and oxygen atoms in total. The van der Waals surface area contributed by atoms with Gasteiger partial charge in [-0.1, -0.05) is 36.4 Å². The molecule has 0 spiro atoms. The van der Waals surface area contributed by atoms with Crippen LogP contribution in [0.15, 0.2) is 48.5 Å². The van der Waals surface area contributed by atoms with E-state index in [2.05, 4.69) is 4.90 Å². The zero-order valence-corrected chi connectivity index (χ0v) is 18.9. The van der Waals surface area contributed by atoms with Gasteiger partial charge in [-0.05, 0) is 38.5 Å². The van der Waals surface area contributed by atoms with Gasteiger partial charge in [-0.25, -0.2) is 0 Å². The monoisotopic (exact) mass is 463 g/mol. The molecule has 1 saturated heterocycles. The number of rotatable bonds is 6. The van der Waals surface area contributed by atoms with E-state index in [0.29, 0.717) is 31.8 Å². The van der Waals surface area contributed by atoms with Crippen molar-refractivity contribution >= 4 is 11.8 Å². The van der Waals surface area contributed by atoms with Gasteiger partial charge in [0.1, 0.15) is 5.60 Å². The smallest absolute Gasteiger partial charge is 0.416 e. The standard InChI is InChI=1S/C25H28F3NO4/c1-24(2,3)33-22(30)11-12-29-13-14-32-21(16-29)17-7-9-18(10-8-17)23(31)19-5-4-6-20(15-19)25(26,27)28/h4-10,15,21H,11-14,16H2,1-3H3. The van der Waals surface area contributed by atoms with Crippen LogP contribution in [-0.4, -0.2) is 48.5 Å². The molecule has 0 aromatic heterocycles. The molecular formula is C25H28F3NO4. The van der Waals surface area contributed by atoms with E-state index in [4.69, 9.17) is 9.47 Å². The predicted molar refractivity (Wildman–Crippen MR) is 117 cm³/mol. The molecule has 0 bridgehead atoms. The fraction of sp³-hybridized carbons (Fsp3) is 0.440. The van der Waals surface area contributed by atoms with Crippen molar-refractivity contribution < 1.29 is 32.2 Å². The van der Waals surface area contributed by atoms with Crippen molar-refractivity contribution in [2.75, 3.05) is 26.2 Å². The van der Waals surface area contributed by atoms with Crippen LogP contribution in [0.4, 0.5) is 13.2 Å². The molecule has 1 heterocycles. The summed E-state index contributed by atoms with van der Waals surface area (Å²) in [5, 5.41) is 0. The van der Waals surface area contributed by atoms with Crippen molar-refractivity contribution in [3.05, 3.63) is 70.8 Å². The van der Waals surface area contributed by atoms with Gasteiger partial charge in [0.2, 0.25) is 0 Å². The molecule has 0 N–H and O–H groups in total. The van der Waals surface area contributed by atoms with Crippen molar-refractivity contribution in [3.8, 4) is 0 Å². The number of carbonyl (C=O) groups excluding carboxylic acids is 2. The maximum absolute atomic E-state index is 12.9. The molecule has 3 rings (SSSR count). The average molecular weight is 463 g/mol. The van der Waals surface area contributed by atoms with E-state index >= 15 is 0 Å². The molecular weight excluding hydrogens is 435 g/mol. The summed E-state index contributed by atoms with van der Waals surface area (Å²) in [6, 6.07) is 11.1. The number of hydrogen-bond donors (Lipinski definition) is 0. The number of morpholine rings is 1. The summed E-state index contributed by atoms with van der Waals surface area (Å²) in [6.07, 6.45) is -4.45. The molecule has 0 radical (unpaired) electrons. The van der Waals surface area contributed by atoms with Gasteiger partial charge in [0.15, 0.2) is 5.78 Å². The van der Waals surface area contributed by atoms with Gasteiger partial charge in [-0.3, -0.25) is 14.5 Å². The van der Waals surface area contributed by atoms with Crippen molar-refractivity contribution in [2.24, 2.45) is 0 Å². The molecule has 0 aliphatic carbocycles. The van der Waals surface area contributed by atoms with Gasteiger partial charge in [0, 0.05) is 30.8 Å². The highest BCUT2D eigenvalue weighted by molar-refractivity contribution is 6.09. The van der Waals surface area contributed by atoms with Crippen LogP contribution >= 0.6 is 0 Å². The first-order valence-electron chi connectivity index (χ1n) is 10.8. The zero-order valence-electron chi connectivity index (χ0n) is 18.9. The molecule has 2 aromatic carbocycles. The highest BCUT2D eigenvalue weighted by Gasteiger charge is 2.31. The van der Waals surface area contributed by atoms with Crippen LogP contribution in [0.2, 0.25) is 0 Å². The van der Waals surface area contributed by atoms with Crippen molar-refractivity contribution in [1.29, 1.82) is 0 Å². The molecule has 1 fully saturated rings. The van der Waals surface area contributed by atoms with Gasteiger partial charge < -0.3 is 9.47 Å². The molecule has 178 valence electrons. The Morgan fingerprint density at radius 1 is 1.06 bits per heavy atom. The highest BCUT2D eigenvalue weighted by atomic mass is 19.4. The van der Waals surface area contributed by atoms with Crippen LogP contribution in [0.3, 0.4) is 0 Å². The first kappa shape index (κ1) is 24.9. The minimum atomic E-state index is -4.51. The molecule has 0 saturated carbocycles. The number of ketones is 1. The van der Waals surface area contributed by atoms with Crippen LogP contribution in [0.5, 0.6) is 0 Å². The highest BCUT2D eigenvalue weighted by Crippen LogP contribution is 2.30. The predicted octanol–water partition coefficient (Wildman–Crippen LogP) is 5.04. The topological polar surface area (TPSA) is 55.8 Å². The minimum Gasteiger partial charge on any atom is -0.460 e. The largest absolute Gasteiger partial charge is 0.460 e. The maximum atomic E-state index is 12.9. The normalized spacial score (nSPS) is 17.6. The Hall–Kier alpha value is -2.71. The van der Waals surface area contributed by atoms with E-state index in [1.807, 2.05) is 20.8 Å². The lowest BCUT2D eigenvalue weighted by Crippen LogP contribution is -2.40. The summed E-state index contributed by atoms with van der Waals surface area (Å²) in [4.78, 5) is 26.8. The van der Waals surface area contributed by atoms with Crippen molar-refractivity contribution in [3.63, 3.8) is 0 Å². The number of esters is 1. The van der Waals surface area contributed by atoms with E-state index in [-0.39, 0.29) is 24.1 Å². The fourth-order valence-corrected chi connectivity index (χ4v) is 3.60. The third-order valence-electron chi connectivity index (χ3n) is 5.20. The summed E-state index contributed by atoms with van der Waals surface area (Å²) in [6.45, 7) is 7.84. The third-order valence-corrected chi connectivity index (χ3v) is 5.20. The first-order valence-corrected chi connectivity index (χ1v) is 10.8. The number of hydrogen-bond acceptors (Lipinski definition) is 5. The molecule has 1 aliphatic heterocycles. The van der Waals surface area contributed by atoms with Gasteiger partial charge >= 0.3 is 12.1 Å². The quantitative estimate of drug-likeness (QED) is 0.444. The molecule has 33 heavy (non-hydrogen) atoms.